The maximum atomic E-state index is 11.9. The van der Waals surface area contributed by atoms with Crippen molar-refractivity contribution in [3.8, 4) is 6.07 Å². The first kappa shape index (κ1) is 9.47. The van der Waals surface area contributed by atoms with Crippen LogP contribution in [0, 0.1) is 11.3 Å². The average Bonchev–Trinajstić information content (AvgIpc) is 2.97. The second-order valence-corrected chi connectivity index (χ2v) is 3.99. The highest BCUT2D eigenvalue weighted by molar-refractivity contribution is 5.83. The molecule has 76 valence electrons. The Balaban J connectivity index is 2.03. The molecule has 14 heavy (non-hydrogen) atoms. The molecule has 0 aromatic carbocycles. The van der Waals surface area contributed by atoms with Gasteiger partial charge in [0.2, 0.25) is 5.91 Å². The summed E-state index contributed by atoms with van der Waals surface area (Å²) in [4.78, 5) is 13.9. The fourth-order valence-electron chi connectivity index (χ4n) is 1.92. The molecule has 1 heterocycles. The van der Waals surface area contributed by atoms with Crippen LogP contribution in [-0.4, -0.2) is 36.0 Å². The van der Waals surface area contributed by atoms with Gasteiger partial charge in [0, 0.05) is 12.6 Å². The topological polar surface area (TPSA) is 56.1 Å². The third-order valence-corrected chi connectivity index (χ3v) is 2.83. The number of rotatable bonds is 2. The summed E-state index contributed by atoms with van der Waals surface area (Å²) in [5.41, 5.74) is 0. The number of carbonyl (C=O) groups excluding carboxylic acids is 1. The quantitative estimate of drug-likeness (QED) is 0.684. The summed E-state index contributed by atoms with van der Waals surface area (Å²) in [6.45, 7) is 1.71. The van der Waals surface area contributed by atoms with Gasteiger partial charge in [-0.05, 0) is 25.8 Å². The fourth-order valence-corrected chi connectivity index (χ4v) is 1.92. The Hall–Kier alpha value is -1.08. The Labute approximate surface area is 83.9 Å². The maximum Gasteiger partial charge on any atom is 0.241 e. The summed E-state index contributed by atoms with van der Waals surface area (Å²) in [5, 5.41) is 11.7. The van der Waals surface area contributed by atoms with Crippen LogP contribution in [-0.2, 0) is 4.79 Å². The van der Waals surface area contributed by atoms with E-state index in [1.807, 2.05) is 4.90 Å². The molecule has 2 fully saturated rings. The van der Waals surface area contributed by atoms with Crippen LogP contribution in [0.15, 0.2) is 0 Å². The summed E-state index contributed by atoms with van der Waals surface area (Å²) in [6.07, 6.45) is 3.59. The van der Waals surface area contributed by atoms with Gasteiger partial charge in [0.1, 0.15) is 0 Å². The molecule has 1 saturated heterocycles. The Bertz CT molecular complexity index is 267. The molecule has 2 aliphatic rings. The summed E-state index contributed by atoms with van der Waals surface area (Å²) in [6, 6.07) is 2.28. The van der Waals surface area contributed by atoms with Crippen molar-refractivity contribution in [3.05, 3.63) is 0 Å². The summed E-state index contributed by atoms with van der Waals surface area (Å²) in [7, 11) is 0. The summed E-state index contributed by atoms with van der Waals surface area (Å²) < 4.78 is 0. The Morgan fingerprint density at radius 3 is 3.00 bits per heavy atom. The molecule has 4 heteroatoms. The van der Waals surface area contributed by atoms with E-state index >= 15 is 0 Å². The number of carbonyl (C=O) groups is 1. The predicted molar refractivity (Wildman–Crippen MR) is 51.4 cm³/mol. The van der Waals surface area contributed by atoms with Crippen LogP contribution < -0.4 is 5.32 Å². The molecular weight excluding hydrogens is 178 g/mol. The monoisotopic (exact) mass is 193 g/mol. The highest BCUT2D eigenvalue weighted by Gasteiger charge is 2.36. The zero-order chi connectivity index (χ0) is 9.97. The van der Waals surface area contributed by atoms with Gasteiger partial charge in [0.25, 0.3) is 0 Å². The van der Waals surface area contributed by atoms with Gasteiger partial charge in [-0.3, -0.25) is 4.79 Å². The van der Waals surface area contributed by atoms with Crippen molar-refractivity contribution in [1.29, 1.82) is 5.26 Å². The molecular formula is C10H15N3O. The molecule has 0 aromatic heterocycles. The highest BCUT2D eigenvalue weighted by Crippen LogP contribution is 2.28. The van der Waals surface area contributed by atoms with Crippen LogP contribution in [0.3, 0.4) is 0 Å². The first-order valence-electron chi connectivity index (χ1n) is 5.23. The van der Waals surface area contributed by atoms with Crippen LogP contribution in [0.4, 0.5) is 0 Å². The highest BCUT2D eigenvalue weighted by atomic mass is 16.2. The molecule has 0 bridgehead atoms. The smallest absolute Gasteiger partial charge is 0.241 e. The largest absolute Gasteiger partial charge is 0.338 e. The van der Waals surface area contributed by atoms with Crippen LogP contribution >= 0.6 is 0 Å². The van der Waals surface area contributed by atoms with Crippen LogP contribution in [0.1, 0.15) is 25.7 Å². The first-order chi connectivity index (χ1) is 6.83. The van der Waals surface area contributed by atoms with E-state index in [1.54, 1.807) is 0 Å². The summed E-state index contributed by atoms with van der Waals surface area (Å²) in [5.74, 6) is 0.131. The third kappa shape index (κ3) is 1.88. The summed E-state index contributed by atoms with van der Waals surface area (Å²) >= 11 is 0. The number of nitrogens with zero attached hydrogens (tertiary/aromatic N) is 2. The number of amides is 1. The van der Waals surface area contributed by atoms with E-state index < -0.39 is 0 Å². The van der Waals surface area contributed by atoms with E-state index in [0.29, 0.717) is 12.5 Å². The number of hydrogen-bond acceptors (Lipinski definition) is 3. The van der Waals surface area contributed by atoms with E-state index in [-0.39, 0.29) is 11.9 Å². The molecule has 0 radical (unpaired) electrons. The molecule has 1 unspecified atom stereocenters. The lowest BCUT2D eigenvalue weighted by Gasteiger charge is -2.22. The van der Waals surface area contributed by atoms with Gasteiger partial charge in [-0.15, -0.1) is 0 Å². The van der Waals surface area contributed by atoms with E-state index in [4.69, 9.17) is 5.26 Å². The molecule has 2 rings (SSSR count). The Morgan fingerprint density at radius 2 is 2.36 bits per heavy atom. The van der Waals surface area contributed by atoms with E-state index in [1.165, 1.54) is 0 Å². The Morgan fingerprint density at radius 1 is 1.57 bits per heavy atom. The van der Waals surface area contributed by atoms with Crippen molar-refractivity contribution in [1.82, 2.24) is 10.2 Å². The molecule has 0 aromatic rings. The fraction of sp³-hybridized carbons (Fsp3) is 0.800. The maximum absolute atomic E-state index is 11.9. The third-order valence-electron chi connectivity index (χ3n) is 2.83. The van der Waals surface area contributed by atoms with Gasteiger partial charge in [0.15, 0.2) is 0 Å². The number of nitriles is 1. The van der Waals surface area contributed by atoms with Crippen molar-refractivity contribution < 1.29 is 4.79 Å². The van der Waals surface area contributed by atoms with Gasteiger partial charge >= 0.3 is 0 Å². The van der Waals surface area contributed by atoms with E-state index in [9.17, 15) is 4.79 Å². The minimum Gasteiger partial charge on any atom is -0.338 e. The van der Waals surface area contributed by atoms with Crippen molar-refractivity contribution in [3.63, 3.8) is 0 Å². The zero-order valence-electron chi connectivity index (χ0n) is 8.20. The minimum atomic E-state index is -0.261. The lowest BCUT2D eigenvalue weighted by molar-refractivity contribution is -0.133. The van der Waals surface area contributed by atoms with Crippen molar-refractivity contribution in [2.75, 3.05) is 13.1 Å². The molecule has 1 aliphatic heterocycles. The Kier molecular flexibility index (Phi) is 2.69. The van der Waals surface area contributed by atoms with E-state index in [2.05, 4.69) is 11.4 Å². The number of hydrogen-bond donors (Lipinski definition) is 1. The van der Waals surface area contributed by atoms with Gasteiger partial charge < -0.3 is 10.2 Å². The predicted octanol–water partition coefficient (Wildman–Crippen LogP) is 0.253. The average molecular weight is 193 g/mol. The van der Waals surface area contributed by atoms with Crippen LogP contribution in [0.5, 0.6) is 0 Å². The SMILES string of the molecule is N#CCC1NCCCN(C2CC2)C1=O. The molecule has 1 saturated carbocycles. The lowest BCUT2D eigenvalue weighted by atomic mass is 10.2. The number of nitrogens with one attached hydrogen (secondary N) is 1. The second kappa shape index (κ2) is 3.97. The molecule has 1 atom stereocenters. The van der Waals surface area contributed by atoms with Gasteiger partial charge in [-0.1, -0.05) is 0 Å². The second-order valence-electron chi connectivity index (χ2n) is 3.99. The van der Waals surface area contributed by atoms with Crippen molar-refractivity contribution in [2.45, 2.75) is 37.8 Å². The van der Waals surface area contributed by atoms with Gasteiger partial charge in [0.05, 0.1) is 18.5 Å². The molecule has 1 aliphatic carbocycles. The van der Waals surface area contributed by atoms with Gasteiger partial charge in [-0.25, -0.2) is 0 Å². The van der Waals surface area contributed by atoms with E-state index in [0.717, 1.165) is 32.4 Å². The zero-order valence-corrected chi connectivity index (χ0v) is 8.20. The standard InChI is InChI=1S/C10H15N3O/c11-5-4-9-10(14)13(8-2-3-8)7-1-6-12-9/h8-9,12H,1-4,6-7H2. The molecule has 4 nitrogen and oxygen atoms in total. The molecule has 0 spiro atoms. The van der Waals surface area contributed by atoms with Crippen LogP contribution in [0.2, 0.25) is 0 Å². The first-order valence-corrected chi connectivity index (χ1v) is 5.23. The molecule has 1 N–H and O–H groups in total. The van der Waals surface area contributed by atoms with Crippen LogP contribution in [0.25, 0.3) is 0 Å². The minimum absolute atomic E-state index is 0.131. The van der Waals surface area contributed by atoms with Gasteiger partial charge in [-0.2, -0.15) is 5.26 Å². The van der Waals surface area contributed by atoms with Crippen molar-refractivity contribution in [2.24, 2.45) is 0 Å². The normalized spacial score (nSPS) is 28.4. The molecule has 1 amide bonds. The van der Waals surface area contributed by atoms with Crippen molar-refractivity contribution >= 4 is 5.91 Å². The lowest BCUT2D eigenvalue weighted by Crippen LogP contribution is -2.44.